The third-order valence-corrected chi connectivity index (χ3v) is 5.56. The van der Waals surface area contributed by atoms with Crippen LogP contribution < -0.4 is 25.6 Å². The van der Waals surface area contributed by atoms with Crippen molar-refractivity contribution in [2.75, 3.05) is 18.5 Å². The van der Waals surface area contributed by atoms with E-state index in [2.05, 4.69) is 10.5 Å². The van der Waals surface area contributed by atoms with E-state index in [0.717, 1.165) is 24.0 Å². The van der Waals surface area contributed by atoms with Crippen molar-refractivity contribution in [2.24, 2.45) is 16.0 Å². The molecule has 0 spiro atoms. The molecule has 1 amide bonds. The molecule has 194 valence electrons. The van der Waals surface area contributed by atoms with Crippen LogP contribution >= 0.6 is 0 Å². The molecule has 0 aliphatic heterocycles. The lowest BCUT2D eigenvalue weighted by atomic mass is 10.0. The van der Waals surface area contributed by atoms with E-state index in [1.807, 2.05) is 24.6 Å². The highest BCUT2D eigenvalue weighted by atomic mass is 32.2. The zero-order chi connectivity index (χ0) is 26.3. The smallest absolute Gasteiger partial charge is 0.298 e. The number of amides is 1. The van der Waals surface area contributed by atoms with Gasteiger partial charge in [0.15, 0.2) is 17.2 Å². The molecule has 0 saturated carbocycles. The lowest BCUT2D eigenvalue weighted by Crippen LogP contribution is -2.41. The number of carbonyl (C=O) groups is 1. The molecule has 0 bridgehead atoms. The Labute approximate surface area is 210 Å². The second-order valence-electron chi connectivity index (χ2n) is 7.89. The Morgan fingerprint density at radius 1 is 1.11 bits per heavy atom. The van der Waals surface area contributed by atoms with Crippen LogP contribution in [0.2, 0.25) is 0 Å². The fourth-order valence-electron chi connectivity index (χ4n) is 3.59. The molecular weight excluding hydrogens is 486 g/mol. The maximum atomic E-state index is 13.0. The molecule has 1 atom stereocenters. The van der Waals surface area contributed by atoms with E-state index >= 15 is 0 Å². The summed E-state index contributed by atoms with van der Waals surface area (Å²) in [5, 5.41) is 12.7. The first-order chi connectivity index (χ1) is 17.1. The number of hydrogen-bond donors (Lipinski definition) is 4. The molecular formula is C24H31N5O6S. The number of benzene rings is 2. The van der Waals surface area contributed by atoms with Gasteiger partial charge >= 0.3 is 0 Å². The number of nitrogens with two attached hydrogens (primary N) is 2. The Bertz CT molecular complexity index is 1340. The van der Waals surface area contributed by atoms with Crippen molar-refractivity contribution in [3.8, 4) is 5.75 Å². The van der Waals surface area contributed by atoms with Gasteiger partial charge in [-0.3, -0.25) is 4.79 Å². The van der Waals surface area contributed by atoms with E-state index in [4.69, 9.17) is 24.9 Å². The summed E-state index contributed by atoms with van der Waals surface area (Å²) in [5.41, 5.74) is 8.05. The minimum atomic E-state index is -4.30. The van der Waals surface area contributed by atoms with Gasteiger partial charge in [-0.25, -0.2) is 9.86 Å². The van der Waals surface area contributed by atoms with Crippen LogP contribution in [0.25, 0.3) is 11.0 Å². The maximum Gasteiger partial charge on any atom is 0.298 e. The van der Waals surface area contributed by atoms with Crippen molar-refractivity contribution >= 4 is 38.6 Å². The second-order valence-corrected chi connectivity index (χ2v) is 9.19. The molecule has 0 aliphatic rings. The van der Waals surface area contributed by atoms with E-state index in [1.165, 1.54) is 0 Å². The molecule has 0 radical (unpaired) electrons. The van der Waals surface area contributed by atoms with Crippen LogP contribution in [0, 0.1) is 0 Å². The summed E-state index contributed by atoms with van der Waals surface area (Å²) in [4.78, 5) is 18.0. The highest BCUT2D eigenvalue weighted by Gasteiger charge is 2.26. The summed E-state index contributed by atoms with van der Waals surface area (Å²) < 4.78 is 36.8. The molecule has 2 aromatic carbocycles. The van der Waals surface area contributed by atoms with Gasteiger partial charge < -0.3 is 25.0 Å². The zero-order valence-electron chi connectivity index (χ0n) is 20.4. The Morgan fingerprint density at radius 3 is 2.44 bits per heavy atom. The van der Waals surface area contributed by atoms with Crippen LogP contribution in [0.1, 0.15) is 50.1 Å². The minimum Gasteiger partial charge on any atom is -0.490 e. The predicted molar refractivity (Wildman–Crippen MR) is 138 cm³/mol. The summed E-state index contributed by atoms with van der Waals surface area (Å²) in [5.74, 6) is 0.559. The highest BCUT2D eigenvalue weighted by molar-refractivity contribution is 7.87. The van der Waals surface area contributed by atoms with Crippen molar-refractivity contribution in [1.82, 2.24) is 4.72 Å². The second kappa shape index (κ2) is 11.8. The van der Waals surface area contributed by atoms with Gasteiger partial charge in [0, 0.05) is 23.1 Å². The van der Waals surface area contributed by atoms with Gasteiger partial charge in [0.05, 0.1) is 6.61 Å². The number of ether oxygens (including phenoxy) is 1. The molecule has 0 aliphatic carbocycles. The van der Waals surface area contributed by atoms with E-state index in [0.29, 0.717) is 41.4 Å². The summed E-state index contributed by atoms with van der Waals surface area (Å²) in [6, 6.07) is 10.9. The lowest BCUT2D eigenvalue weighted by molar-refractivity contribution is -0.120. The topological polar surface area (TPSA) is 171 Å². The minimum absolute atomic E-state index is 0.196. The Morgan fingerprint density at radius 2 is 1.83 bits per heavy atom. The van der Waals surface area contributed by atoms with Gasteiger partial charge in [-0.15, -0.1) is 0 Å². The number of rotatable bonds is 12. The average Bonchev–Trinajstić information content (AvgIpc) is 3.23. The monoisotopic (exact) mass is 517 g/mol. The van der Waals surface area contributed by atoms with E-state index in [-0.39, 0.29) is 5.84 Å². The van der Waals surface area contributed by atoms with Crippen LogP contribution in [0.4, 0.5) is 5.69 Å². The fraction of sp³-hybridized carbons (Fsp3) is 0.333. The average molecular weight is 518 g/mol. The molecule has 1 aromatic heterocycles. The van der Waals surface area contributed by atoms with Gasteiger partial charge in [0.1, 0.15) is 18.4 Å². The number of fused-ring (bicyclic) bond motifs is 1. The third kappa shape index (κ3) is 6.89. The van der Waals surface area contributed by atoms with Crippen LogP contribution in [0.3, 0.4) is 0 Å². The Kier molecular flexibility index (Phi) is 8.78. The maximum absolute atomic E-state index is 13.0. The standard InChI is InChI=1S/C24H31N5O6S/c1-4-7-19-13-17-12-16(14-20(33-5-2)22(17)35-19)21(24(30)29-36(26,31)32)27-18-10-8-15(9-11-18)23(25)28-34-6-3/h8-14,21,27H,4-7H2,1-3H3,(H2,25,28)(H,29,30)(H2,26,31,32)/t21-/m0/s1. The third-order valence-electron chi connectivity index (χ3n) is 5.07. The number of nitrogens with one attached hydrogen (secondary N) is 2. The number of furan rings is 1. The van der Waals surface area contributed by atoms with Crippen LogP contribution in [0.5, 0.6) is 5.75 Å². The van der Waals surface area contributed by atoms with Crippen molar-refractivity contribution in [3.05, 3.63) is 59.4 Å². The highest BCUT2D eigenvalue weighted by Crippen LogP contribution is 2.34. The molecule has 0 unspecified atom stereocenters. The first kappa shape index (κ1) is 26.8. The molecule has 0 fully saturated rings. The predicted octanol–water partition coefficient (Wildman–Crippen LogP) is 2.91. The van der Waals surface area contributed by atoms with E-state index in [1.54, 1.807) is 43.3 Å². The summed E-state index contributed by atoms with van der Waals surface area (Å²) in [7, 11) is -4.30. The van der Waals surface area contributed by atoms with E-state index < -0.39 is 22.2 Å². The van der Waals surface area contributed by atoms with Gasteiger partial charge in [-0.1, -0.05) is 12.1 Å². The molecule has 11 nitrogen and oxygen atoms in total. The van der Waals surface area contributed by atoms with Crippen molar-refractivity contribution in [1.29, 1.82) is 0 Å². The molecule has 3 aromatic rings. The molecule has 12 heteroatoms. The van der Waals surface area contributed by atoms with Crippen molar-refractivity contribution in [3.63, 3.8) is 0 Å². The quantitative estimate of drug-likeness (QED) is 0.161. The van der Waals surface area contributed by atoms with Crippen LogP contribution in [-0.2, 0) is 26.3 Å². The molecule has 0 saturated heterocycles. The molecule has 36 heavy (non-hydrogen) atoms. The van der Waals surface area contributed by atoms with Gasteiger partial charge in [-0.2, -0.15) is 8.42 Å². The summed E-state index contributed by atoms with van der Waals surface area (Å²) in [6.45, 7) is 6.42. The van der Waals surface area contributed by atoms with Gasteiger partial charge in [-0.05, 0) is 68.3 Å². The van der Waals surface area contributed by atoms with E-state index in [9.17, 15) is 13.2 Å². The van der Waals surface area contributed by atoms with Crippen LogP contribution in [-0.4, -0.2) is 33.4 Å². The molecule has 1 heterocycles. The number of carbonyl (C=O) groups excluding carboxylic acids is 1. The Hall–Kier alpha value is -3.77. The summed E-state index contributed by atoms with van der Waals surface area (Å²) >= 11 is 0. The normalized spacial score (nSPS) is 12.8. The first-order valence-corrected chi connectivity index (χ1v) is 13.1. The van der Waals surface area contributed by atoms with Gasteiger partial charge in [0.2, 0.25) is 0 Å². The number of aryl methyl sites for hydroxylation is 1. The Balaban J connectivity index is 2.02. The van der Waals surface area contributed by atoms with Crippen molar-refractivity contribution < 1.29 is 27.2 Å². The lowest BCUT2D eigenvalue weighted by Gasteiger charge is -2.20. The first-order valence-electron chi connectivity index (χ1n) is 11.5. The summed E-state index contributed by atoms with van der Waals surface area (Å²) in [6.07, 6.45) is 1.64. The SMILES string of the molecule is CCCc1cc2cc([C@H](Nc3ccc(/C(N)=N/OCC)cc3)C(=O)NS(N)(=O)=O)cc(OCC)c2o1. The number of hydrogen-bond acceptors (Lipinski definition) is 8. The fourth-order valence-corrected chi connectivity index (χ4v) is 3.98. The largest absolute Gasteiger partial charge is 0.490 e. The number of anilines is 1. The number of oxime groups is 1. The van der Waals surface area contributed by atoms with Crippen LogP contribution in [0.15, 0.2) is 52.0 Å². The molecule has 6 N–H and O–H groups in total. The zero-order valence-corrected chi connectivity index (χ0v) is 21.2. The molecule has 3 rings (SSSR count). The number of amidine groups is 1. The van der Waals surface area contributed by atoms with Crippen molar-refractivity contribution in [2.45, 2.75) is 39.7 Å². The van der Waals surface area contributed by atoms with Gasteiger partial charge in [0.25, 0.3) is 16.1 Å². The number of nitrogens with zero attached hydrogens (tertiary/aromatic N) is 1.